The number of oxime groups is 1. The zero-order valence-corrected chi connectivity index (χ0v) is 76.9. The summed E-state index contributed by atoms with van der Waals surface area (Å²) in [5, 5.41) is 21.3. The molecule has 0 aliphatic carbocycles. The average Bonchev–Trinajstić information content (AvgIpc) is 1.76. The summed E-state index contributed by atoms with van der Waals surface area (Å²) in [6, 6.07) is 31.6. The highest BCUT2D eigenvalue weighted by Gasteiger charge is 2.38. The van der Waals surface area contributed by atoms with Gasteiger partial charge in [-0.3, -0.25) is 66.3 Å². The van der Waals surface area contributed by atoms with Crippen LogP contribution >= 0.6 is 88.4 Å². The maximum Gasteiger partial charge on any atom is 0.334 e. The Morgan fingerprint density at radius 1 is 0.520 bits per heavy atom. The number of nitrogens with one attached hydrogen (secondary N) is 2. The average molecular weight is 1910 g/mol. The van der Waals surface area contributed by atoms with Crippen molar-refractivity contribution in [3.8, 4) is 0 Å². The number of Topliss-reactive ketones (excluding diaryl/α,β-unsaturated/α-hetero) is 1. The van der Waals surface area contributed by atoms with Crippen LogP contribution in [0, 0.1) is 13.8 Å². The summed E-state index contributed by atoms with van der Waals surface area (Å²) in [5.41, 5.74) is 17.7. The third-order valence-corrected chi connectivity index (χ3v) is 25.9. The van der Waals surface area contributed by atoms with Crippen molar-refractivity contribution in [1.82, 2.24) is 10.1 Å². The lowest BCUT2D eigenvalue weighted by Gasteiger charge is -2.22. The van der Waals surface area contributed by atoms with E-state index in [0.717, 1.165) is 24.3 Å². The second-order valence-electron chi connectivity index (χ2n) is 24.7. The first-order valence-corrected chi connectivity index (χ1v) is 46.9. The number of carbonyl (C=O) groups excluding carboxylic acids is 7. The smallest absolute Gasteiger partial charge is 0.334 e. The van der Waals surface area contributed by atoms with Gasteiger partial charge < -0.3 is 72.7 Å². The van der Waals surface area contributed by atoms with Crippen molar-refractivity contribution in [3.63, 3.8) is 0 Å². The van der Waals surface area contributed by atoms with E-state index in [2.05, 4.69) is 20.6 Å². The topological polar surface area (TPSA) is 440 Å². The molecule has 9 N–H and O–H groups in total. The maximum atomic E-state index is 12.5. The molecule has 0 saturated carbocycles. The van der Waals surface area contributed by atoms with Crippen LogP contribution in [0.5, 0.6) is 0 Å². The van der Waals surface area contributed by atoms with Crippen LogP contribution in [0.15, 0.2) is 126 Å². The first-order valence-electron chi connectivity index (χ1n) is 38.6. The number of halogens is 6. The molecule has 9 rings (SSSR count). The molecule has 3 heterocycles. The molecule has 0 spiro atoms. The summed E-state index contributed by atoms with van der Waals surface area (Å²) in [5.74, 6) is 1.33. The Kier molecular flexibility index (Phi) is 57.0. The number of carbonyl (C=O) groups is 7. The van der Waals surface area contributed by atoms with Crippen LogP contribution in [0.25, 0.3) is 0 Å². The number of amides is 6. The molecule has 0 aromatic heterocycles. The number of hydrogen-bond acceptors (Lipinski definition) is 28. The third-order valence-electron chi connectivity index (χ3n) is 15.9. The highest BCUT2D eigenvalue weighted by Crippen LogP contribution is 2.50. The molecular formula is C81H118Cl5FN8O24P4. The van der Waals surface area contributed by atoms with Crippen molar-refractivity contribution in [3.05, 3.63) is 197 Å². The third kappa shape index (κ3) is 39.1. The Labute approximate surface area is 747 Å². The first kappa shape index (κ1) is 114. The zero-order valence-electron chi connectivity index (χ0n) is 70.5. The van der Waals surface area contributed by atoms with Gasteiger partial charge in [-0.05, 0) is 174 Å². The lowest BCUT2D eigenvalue weighted by atomic mass is 10.0. The molecule has 2 unspecified atom stereocenters. The summed E-state index contributed by atoms with van der Waals surface area (Å²) in [4.78, 5) is 97.2. The number of primary amides is 2. The zero-order chi connectivity index (χ0) is 91.8. The van der Waals surface area contributed by atoms with Crippen molar-refractivity contribution in [1.29, 1.82) is 0 Å². The first-order chi connectivity index (χ1) is 57.9. The summed E-state index contributed by atoms with van der Waals surface area (Å²) in [6.45, 7) is 25.6. The number of nitrogens with two attached hydrogens (primary N) is 3. The number of aryl methyl sites for hydroxylation is 2. The minimum Gasteiger partial charge on any atom is -0.395 e. The van der Waals surface area contributed by atoms with Gasteiger partial charge in [-0.15, -0.1) is 21.7 Å². The minimum absolute atomic E-state index is 0. The number of benzene rings is 6. The highest BCUT2D eigenvalue weighted by atomic mass is 35.5. The van der Waals surface area contributed by atoms with Crippen molar-refractivity contribution in [2.45, 2.75) is 123 Å². The van der Waals surface area contributed by atoms with Gasteiger partial charge in [-0.2, -0.15) is 0 Å². The van der Waals surface area contributed by atoms with Crippen LogP contribution in [0.4, 0.5) is 15.8 Å². The largest absolute Gasteiger partial charge is 0.395 e. The fourth-order valence-electron chi connectivity index (χ4n) is 10.7. The number of ether oxygens (including phenoxy) is 1. The quantitative estimate of drug-likeness (QED) is 0.00305. The fraction of sp³-hybridized carbons (Fsp3) is 0.457. The van der Waals surface area contributed by atoms with Crippen LogP contribution in [0.2, 0.25) is 20.1 Å². The van der Waals surface area contributed by atoms with Crippen LogP contribution in [-0.4, -0.2) is 186 Å². The lowest BCUT2D eigenvalue weighted by Crippen LogP contribution is -2.31. The number of nitrogens with zero attached hydrogens (tertiary/aromatic N) is 3. The van der Waals surface area contributed by atoms with E-state index in [4.69, 9.17) is 133 Å². The van der Waals surface area contributed by atoms with Crippen LogP contribution in [0.3, 0.4) is 0 Å². The molecule has 3 aliphatic rings. The van der Waals surface area contributed by atoms with Crippen molar-refractivity contribution >= 4 is 147 Å². The molecule has 6 aromatic rings. The number of hydroxylamine groups is 4. The SMILES string of the molecule is C.C.C1CCOC1.CC(=O)c1ccc(C)cc1NC(C(N)=O)c1c(Cl)cccc1Cl.CCOP(=O)(CCCl)OCC.CCOP(=O)(CCO/N=C(/C)c1ccc(C)cc1NC(C(N)=O)c1c(Cl)cccc1Cl)OCC.CCOP(=O)(CCON)OCC.CCOP(=O)(CCON1C(=O)c2ccccc2C1=O)OCC.O=C1c2ccccc2C(=O)N1O.[2H]CF. The van der Waals surface area contributed by atoms with Crippen molar-refractivity contribution in [2.24, 2.45) is 22.5 Å². The number of imide groups is 2. The van der Waals surface area contributed by atoms with E-state index >= 15 is 0 Å². The number of ketones is 1. The van der Waals surface area contributed by atoms with Gasteiger partial charge in [0.25, 0.3) is 23.6 Å². The minimum atomic E-state index is -3.26. The molecule has 2 atom stereocenters. The molecule has 1 fully saturated rings. The summed E-state index contributed by atoms with van der Waals surface area (Å²) >= 11 is 30.4. The molecule has 0 bridgehead atoms. The maximum absolute atomic E-state index is 12.5. The summed E-state index contributed by atoms with van der Waals surface area (Å²) in [6.07, 6.45) is 3.07. The second kappa shape index (κ2) is 61.5. The van der Waals surface area contributed by atoms with E-state index < -0.39 is 85.1 Å². The number of rotatable bonds is 39. The van der Waals surface area contributed by atoms with Gasteiger partial charge in [0.15, 0.2) is 5.78 Å². The molecule has 3 aliphatic heterocycles. The Hall–Kier alpha value is -6.94. The number of anilines is 2. The van der Waals surface area contributed by atoms with Gasteiger partial charge in [0, 0.05) is 72.8 Å². The molecule has 42 heteroatoms. The van der Waals surface area contributed by atoms with Gasteiger partial charge in [0.05, 0.1) is 127 Å². The Morgan fingerprint density at radius 2 is 0.837 bits per heavy atom. The predicted octanol–water partition coefficient (Wildman–Crippen LogP) is 19.5. The molecule has 6 aromatic carbocycles. The van der Waals surface area contributed by atoms with Gasteiger partial charge in [-0.1, -0.05) is 121 Å². The normalized spacial score (nSPS) is 13.2. The molecule has 688 valence electrons. The van der Waals surface area contributed by atoms with E-state index in [-0.39, 0.29) is 108 Å². The Bertz CT molecular complexity index is 4400. The van der Waals surface area contributed by atoms with Gasteiger partial charge in [0.1, 0.15) is 18.7 Å². The molecular weight excluding hydrogens is 1790 g/mol. The molecule has 0 radical (unpaired) electrons. The Balaban J connectivity index is 0.00000149. The van der Waals surface area contributed by atoms with E-state index in [9.17, 15) is 56.2 Å². The van der Waals surface area contributed by atoms with E-state index in [1.54, 1.807) is 147 Å². The van der Waals surface area contributed by atoms with Crippen molar-refractivity contribution < 1.29 is 118 Å². The van der Waals surface area contributed by atoms with Crippen LogP contribution in [0.1, 0.15) is 190 Å². The molecule has 123 heavy (non-hydrogen) atoms. The van der Waals surface area contributed by atoms with Gasteiger partial charge in [-0.25, -0.2) is 5.90 Å². The molecule has 32 nitrogen and oxygen atoms in total. The predicted molar refractivity (Wildman–Crippen MR) is 480 cm³/mol. The number of fused-ring (bicyclic) bond motifs is 2. The van der Waals surface area contributed by atoms with E-state index in [0.29, 0.717) is 108 Å². The van der Waals surface area contributed by atoms with Crippen molar-refractivity contribution in [2.75, 3.05) is 134 Å². The monoisotopic (exact) mass is 1910 g/mol. The van der Waals surface area contributed by atoms with Crippen LogP contribution < -0.4 is 28.0 Å². The Morgan fingerprint density at radius 3 is 1.15 bits per heavy atom. The summed E-state index contributed by atoms with van der Waals surface area (Å²) in [7, 11) is -13.3. The highest BCUT2D eigenvalue weighted by molar-refractivity contribution is 7.54. The second-order valence-corrected chi connectivity index (χ2v) is 35.5. The van der Waals surface area contributed by atoms with Gasteiger partial charge >= 0.3 is 30.4 Å². The fourth-order valence-corrected chi connectivity index (χ4v) is 18.2. The van der Waals surface area contributed by atoms with E-state index in [1.165, 1.54) is 31.9 Å². The van der Waals surface area contributed by atoms with E-state index in [1.807, 2.05) is 38.1 Å². The number of hydrogen-bond donors (Lipinski definition) is 6. The number of alkyl halides is 2. The molecule has 1 saturated heterocycles. The molecule has 6 amide bonds. The van der Waals surface area contributed by atoms with Crippen LogP contribution in [-0.2, 0) is 83.3 Å². The standard InChI is InChI=1S/C23H30Cl2N3O5P.C17H16Cl2N2O2.C14H18NO6P.C8H5NO3.C6H14ClO3P.C6H16NO4P.C4H8O.CH3F.2CH4/c1-5-32-34(30,33-6-2)13-12-31-28-16(4)17-11-10-15(3)14-20(17)27-22(23(26)29)21-18(24)8-7-9-19(21)25;1-9-6-7-11(10(2)22)14(8-9)21-16(17(20)23)15-12(18)4-3-5-13(15)19;1-3-20-22(18,21-4-2)10-9-19-15-13(16)11-7-5-6-8-12(11)14(15)17;10-7-5-3-1-2-4-6(5)8(11)9(7)12;1-3-9-11(8,6-5-7)10-4-2;1-3-10-12(8,11-4-2)6-5-9-7;1-2-4-5-3-1;1-2;;/h7-11,14,22,27H,5-6,12-13H2,1-4H3,(H2,26,29);3-8,16,21H,1-2H3,(H2,20,23);5-8H,3-4,9-10H2,1-2H3;1-4,12H;3-6H2,1-2H3;3-7H2,1-2H3;1-4H2;1H3;2*1H4/b28-16-;;;;;;;;;/i;;;;;;;1D;;. The summed E-state index contributed by atoms with van der Waals surface area (Å²) < 4.78 is 109. The van der Waals surface area contributed by atoms with Gasteiger partial charge in [0.2, 0.25) is 11.8 Å². The lowest BCUT2D eigenvalue weighted by molar-refractivity contribution is -0.119.